The van der Waals surface area contributed by atoms with E-state index < -0.39 is 0 Å². The van der Waals surface area contributed by atoms with Crippen LogP contribution in [0.25, 0.3) is 0 Å². The van der Waals surface area contributed by atoms with Gasteiger partial charge in [0.25, 0.3) is 0 Å². The number of terminal acetylenes is 1. The highest BCUT2D eigenvalue weighted by Crippen LogP contribution is 2.13. The van der Waals surface area contributed by atoms with Gasteiger partial charge in [0.2, 0.25) is 0 Å². The van der Waals surface area contributed by atoms with Crippen LogP contribution < -0.4 is 10.5 Å². The fourth-order valence-corrected chi connectivity index (χ4v) is 1.27. The molecule has 1 aromatic rings. The molecule has 1 atom stereocenters. The van der Waals surface area contributed by atoms with Crippen LogP contribution in [0.3, 0.4) is 0 Å². The average Bonchev–Trinajstić information content (AvgIpc) is 2.25. The number of nitrogens with two attached hydrogens (primary N) is 1. The monoisotopic (exact) mass is 203 g/mol. The number of hydrogen-bond acceptors (Lipinski definition) is 2. The summed E-state index contributed by atoms with van der Waals surface area (Å²) in [5, 5.41) is 0. The van der Waals surface area contributed by atoms with Gasteiger partial charge in [-0.25, -0.2) is 0 Å². The second-order valence-electron chi connectivity index (χ2n) is 3.65. The Morgan fingerprint density at radius 3 is 2.60 bits per heavy atom. The highest BCUT2D eigenvalue weighted by atomic mass is 16.5. The van der Waals surface area contributed by atoms with Gasteiger partial charge >= 0.3 is 0 Å². The molecule has 1 aromatic carbocycles. The molecular weight excluding hydrogens is 186 g/mol. The van der Waals surface area contributed by atoms with Crippen molar-refractivity contribution in [1.29, 1.82) is 0 Å². The molecule has 0 aliphatic heterocycles. The summed E-state index contributed by atoms with van der Waals surface area (Å²) in [5.41, 5.74) is 6.97. The van der Waals surface area contributed by atoms with E-state index in [1.165, 1.54) is 5.56 Å². The first kappa shape index (κ1) is 11.6. The topological polar surface area (TPSA) is 35.2 Å². The normalized spacial score (nSPS) is 11.8. The van der Waals surface area contributed by atoms with E-state index in [-0.39, 0.29) is 6.04 Å². The van der Waals surface area contributed by atoms with Crippen molar-refractivity contribution < 1.29 is 4.74 Å². The highest BCUT2D eigenvalue weighted by Gasteiger charge is 1.97. The third-order valence-electron chi connectivity index (χ3n) is 2.13. The largest absolute Gasteiger partial charge is 0.481 e. The number of rotatable bonds is 5. The lowest BCUT2D eigenvalue weighted by molar-refractivity contribution is 0.370. The summed E-state index contributed by atoms with van der Waals surface area (Å²) in [6.07, 6.45) is 7.11. The molecule has 2 N–H and O–H groups in total. The maximum atomic E-state index is 5.69. The van der Waals surface area contributed by atoms with Crippen LogP contribution in [0.2, 0.25) is 0 Å². The first-order valence-corrected chi connectivity index (χ1v) is 5.13. The van der Waals surface area contributed by atoms with Crippen LogP contribution in [0.4, 0.5) is 0 Å². The van der Waals surface area contributed by atoms with Crippen LogP contribution >= 0.6 is 0 Å². The van der Waals surface area contributed by atoms with Gasteiger partial charge in [0.05, 0.1) is 0 Å². The van der Waals surface area contributed by atoms with Crippen LogP contribution in [0, 0.1) is 12.3 Å². The zero-order valence-corrected chi connectivity index (χ0v) is 9.07. The summed E-state index contributed by atoms with van der Waals surface area (Å²) >= 11 is 0. The van der Waals surface area contributed by atoms with E-state index in [4.69, 9.17) is 16.9 Å². The molecule has 0 aliphatic carbocycles. The highest BCUT2D eigenvalue weighted by molar-refractivity contribution is 5.27. The molecule has 15 heavy (non-hydrogen) atoms. The predicted octanol–water partition coefficient (Wildman–Crippen LogP) is 1.98. The van der Waals surface area contributed by atoms with Crippen LogP contribution in [0.5, 0.6) is 5.75 Å². The van der Waals surface area contributed by atoms with Gasteiger partial charge in [-0.1, -0.05) is 18.1 Å². The molecule has 0 amide bonds. The third kappa shape index (κ3) is 4.53. The van der Waals surface area contributed by atoms with E-state index in [1.807, 2.05) is 31.2 Å². The molecule has 0 saturated carbocycles. The van der Waals surface area contributed by atoms with Crippen LogP contribution in [-0.4, -0.2) is 12.6 Å². The molecule has 0 fully saturated rings. The van der Waals surface area contributed by atoms with Gasteiger partial charge in [0.1, 0.15) is 12.4 Å². The minimum atomic E-state index is 0.252. The number of aryl methyl sites for hydroxylation is 1. The fourth-order valence-electron chi connectivity index (χ4n) is 1.27. The molecule has 0 aliphatic rings. The van der Waals surface area contributed by atoms with E-state index in [1.54, 1.807) is 0 Å². The van der Waals surface area contributed by atoms with E-state index in [0.717, 1.165) is 18.6 Å². The Balaban J connectivity index is 2.46. The van der Waals surface area contributed by atoms with Crippen LogP contribution in [0.15, 0.2) is 24.3 Å². The molecule has 0 heterocycles. The van der Waals surface area contributed by atoms with E-state index in [0.29, 0.717) is 6.61 Å². The summed E-state index contributed by atoms with van der Waals surface area (Å²) in [4.78, 5) is 0. The Hall–Kier alpha value is -1.46. The SMILES string of the molecule is C#CCOc1ccc(CCC(C)N)cc1. The zero-order valence-electron chi connectivity index (χ0n) is 9.07. The standard InChI is InChI=1S/C13H17NO/c1-3-10-15-13-8-6-12(7-9-13)5-4-11(2)14/h1,6-9,11H,4-5,10,14H2,2H3. The smallest absolute Gasteiger partial charge is 0.148 e. The summed E-state index contributed by atoms with van der Waals surface area (Å²) in [5.74, 6) is 3.25. The second kappa shape index (κ2) is 6.10. The lowest BCUT2D eigenvalue weighted by atomic mass is 10.1. The Morgan fingerprint density at radius 1 is 1.40 bits per heavy atom. The van der Waals surface area contributed by atoms with Crippen molar-refractivity contribution in [3.8, 4) is 18.1 Å². The van der Waals surface area contributed by atoms with E-state index >= 15 is 0 Å². The van der Waals surface area contributed by atoms with Gasteiger partial charge in [-0.05, 0) is 37.5 Å². The van der Waals surface area contributed by atoms with Crippen molar-refractivity contribution in [2.75, 3.05) is 6.61 Å². The van der Waals surface area contributed by atoms with E-state index in [9.17, 15) is 0 Å². The molecule has 2 heteroatoms. The molecule has 2 nitrogen and oxygen atoms in total. The van der Waals surface area contributed by atoms with Crippen molar-refractivity contribution >= 4 is 0 Å². The molecule has 0 saturated heterocycles. The molecule has 0 spiro atoms. The minimum absolute atomic E-state index is 0.252. The predicted molar refractivity (Wildman–Crippen MR) is 62.7 cm³/mol. The van der Waals surface area contributed by atoms with Gasteiger partial charge in [-0.3, -0.25) is 0 Å². The Kier molecular flexibility index (Phi) is 4.73. The fraction of sp³-hybridized carbons (Fsp3) is 0.385. The van der Waals surface area contributed by atoms with Crippen molar-refractivity contribution in [3.63, 3.8) is 0 Å². The lowest BCUT2D eigenvalue weighted by Crippen LogP contribution is -2.15. The molecule has 0 radical (unpaired) electrons. The Labute approximate surface area is 91.4 Å². The average molecular weight is 203 g/mol. The Bertz CT molecular complexity index is 321. The molecule has 80 valence electrons. The van der Waals surface area contributed by atoms with Gasteiger partial charge < -0.3 is 10.5 Å². The Morgan fingerprint density at radius 2 is 2.07 bits per heavy atom. The van der Waals surface area contributed by atoms with Gasteiger partial charge in [-0.15, -0.1) is 6.42 Å². The number of ether oxygens (including phenoxy) is 1. The second-order valence-corrected chi connectivity index (χ2v) is 3.65. The maximum Gasteiger partial charge on any atom is 0.148 e. The summed E-state index contributed by atoms with van der Waals surface area (Å²) in [6.45, 7) is 2.34. The number of benzene rings is 1. The molecular formula is C13H17NO. The molecule has 1 rings (SSSR count). The summed E-state index contributed by atoms with van der Waals surface area (Å²) < 4.78 is 5.27. The van der Waals surface area contributed by atoms with Crippen molar-refractivity contribution in [1.82, 2.24) is 0 Å². The van der Waals surface area contributed by atoms with Gasteiger partial charge in [-0.2, -0.15) is 0 Å². The van der Waals surface area contributed by atoms with Crippen molar-refractivity contribution in [2.45, 2.75) is 25.8 Å². The van der Waals surface area contributed by atoms with Gasteiger partial charge in [0, 0.05) is 6.04 Å². The van der Waals surface area contributed by atoms with Crippen molar-refractivity contribution in [2.24, 2.45) is 5.73 Å². The summed E-state index contributed by atoms with van der Waals surface area (Å²) in [6, 6.07) is 8.23. The van der Waals surface area contributed by atoms with Crippen molar-refractivity contribution in [3.05, 3.63) is 29.8 Å². The first-order valence-electron chi connectivity index (χ1n) is 5.13. The lowest BCUT2D eigenvalue weighted by Gasteiger charge is -2.06. The molecule has 0 aromatic heterocycles. The zero-order chi connectivity index (χ0) is 11.1. The van der Waals surface area contributed by atoms with Gasteiger partial charge in [0.15, 0.2) is 0 Å². The molecule has 0 bridgehead atoms. The maximum absolute atomic E-state index is 5.69. The third-order valence-corrected chi connectivity index (χ3v) is 2.13. The number of hydrogen-bond donors (Lipinski definition) is 1. The van der Waals surface area contributed by atoms with E-state index in [2.05, 4.69) is 5.92 Å². The van der Waals surface area contributed by atoms with Crippen LogP contribution in [0.1, 0.15) is 18.9 Å². The quantitative estimate of drug-likeness (QED) is 0.743. The molecule has 1 unspecified atom stereocenters. The minimum Gasteiger partial charge on any atom is -0.481 e. The summed E-state index contributed by atoms with van der Waals surface area (Å²) in [7, 11) is 0. The van der Waals surface area contributed by atoms with Crippen LogP contribution in [-0.2, 0) is 6.42 Å². The first-order chi connectivity index (χ1) is 7.22.